The van der Waals surface area contributed by atoms with Gasteiger partial charge in [0.05, 0.1) is 11.1 Å². The Morgan fingerprint density at radius 2 is 2.50 bits per heavy atom. The van der Waals surface area contributed by atoms with Crippen LogP contribution in [0.15, 0.2) is 23.4 Å². The molecule has 1 unspecified atom stereocenters. The van der Waals surface area contributed by atoms with Crippen molar-refractivity contribution in [2.24, 2.45) is 0 Å². The van der Waals surface area contributed by atoms with E-state index in [0.717, 1.165) is 5.03 Å². The molecule has 1 atom stereocenters. The first-order chi connectivity index (χ1) is 5.70. The molecule has 0 aliphatic rings. The van der Waals surface area contributed by atoms with E-state index in [4.69, 9.17) is 16.7 Å². The van der Waals surface area contributed by atoms with Crippen molar-refractivity contribution in [1.29, 1.82) is 0 Å². The summed E-state index contributed by atoms with van der Waals surface area (Å²) in [5, 5.41) is 10.4. The van der Waals surface area contributed by atoms with E-state index in [1.807, 2.05) is 0 Å². The maximum Gasteiger partial charge on any atom is 0.115 e. The van der Waals surface area contributed by atoms with Crippen molar-refractivity contribution in [2.45, 2.75) is 18.1 Å². The van der Waals surface area contributed by atoms with E-state index in [2.05, 4.69) is 4.98 Å². The normalized spacial score (nSPS) is 12.9. The van der Waals surface area contributed by atoms with Gasteiger partial charge in [-0.25, -0.2) is 4.98 Å². The number of aliphatic hydroxyl groups excluding tert-OH is 1. The first-order valence-electron chi connectivity index (χ1n) is 3.61. The molecule has 0 amide bonds. The van der Waals surface area contributed by atoms with Gasteiger partial charge in [-0.15, -0.1) is 11.8 Å². The summed E-state index contributed by atoms with van der Waals surface area (Å²) in [6.45, 7) is 1.74. The molecule has 0 spiro atoms. The first-order valence-corrected chi connectivity index (χ1v) is 4.98. The zero-order chi connectivity index (χ0) is 8.97. The molecule has 2 nitrogen and oxygen atoms in total. The molecule has 66 valence electrons. The number of pyridine rings is 1. The fourth-order valence-corrected chi connectivity index (χ4v) is 1.70. The maximum absolute atomic E-state index is 9.01. The van der Waals surface area contributed by atoms with Gasteiger partial charge in [-0.05, 0) is 19.1 Å². The quantitative estimate of drug-likeness (QED) is 0.765. The Balaban J connectivity index is 2.57. The molecule has 0 saturated carbocycles. The minimum atomic E-state index is -0.326. The van der Waals surface area contributed by atoms with Crippen LogP contribution in [0.25, 0.3) is 0 Å². The predicted molar refractivity (Wildman–Crippen MR) is 51.7 cm³/mol. The van der Waals surface area contributed by atoms with Crippen molar-refractivity contribution in [3.63, 3.8) is 0 Å². The molecule has 1 N–H and O–H groups in total. The highest BCUT2D eigenvalue weighted by Crippen LogP contribution is 2.24. The van der Waals surface area contributed by atoms with Crippen LogP contribution in [0, 0.1) is 0 Å². The monoisotopic (exact) mass is 203 g/mol. The van der Waals surface area contributed by atoms with Gasteiger partial charge in [0.25, 0.3) is 0 Å². The zero-order valence-electron chi connectivity index (χ0n) is 6.70. The van der Waals surface area contributed by atoms with Gasteiger partial charge in [0, 0.05) is 11.9 Å². The van der Waals surface area contributed by atoms with Crippen LogP contribution in [0.4, 0.5) is 0 Å². The van der Waals surface area contributed by atoms with Crippen LogP contribution in [0.2, 0.25) is 5.02 Å². The molecular formula is C8H10ClNOS. The number of halogens is 1. The van der Waals surface area contributed by atoms with Crippen LogP contribution in [0.3, 0.4) is 0 Å². The molecule has 0 saturated heterocycles. The molecule has 1 rings (SSSR count). The second-order valence-electron chi connectivity index (χ2n) is 2.45. The third kappa shape index (κ3) is 3.01. The summed E-state index contributed by atoms with van der Waals surface area (Å²) in [6.07, 6.45) is 1.36. The van der Waals surface area contributed by atoms with E-state index in [0.29, 0.717) is 10.8 Å². The van der Waals surface area contributed by atoms with Crippen molar-refractivity contribution in [1.82, 2.24) is 4.98 Å². The van der Waals surface area contributed by atoms with Crippen LogP contribution in [0.5, 0.6) is 0 Å². The molecule has 12 heavy (non-hydrogen) atoms. The Morgan fingerprint density at radius 3 is 3.08 bits per heavy atom. The largest absolute Gasteiger partial charge is 0.393 e. The van der Waals surface area contributed by atoms with Crippen molar-refractivity contribution >= 4 is 23.4 Å². The second-order valence-corrected chi connectivity index (χ2v) is 3.87. The number of aliphatic hydroxyl groups is 1. The molecule has 1 aromatic heterocycles. The lowest BCUT2D eigenvalue weighted by Crippen LogP contribution is -2.02. The highest BCUT2D eigenvalue weighted by Gasteiger charge is 2.02. The van der Waals surface area contributed by atoms with Crippen molar-refractivity contribution in [3.8, 4) is 0 Å². The van der Waals surface area contributed by atoms with Crippen LogP contribution in [-0.2, 0) is 0 Å². The van der Waals surface area contributed by atoms with Gasteiger partial charge < -0.3 is 5.11 Å². The van der Waals surface area contributed by atoms with Gasteiger partial charge in [0.2, 0.25) is 0 Å². The van der Waals surface area contributed by atoms with Crippen molar-refractivity contribution in [3.05, 3.63) is 23.4 Å². The Morgan fingerprint density at radius 1 is 1.75 bits per heavy atom. The molecule has 0 radical (unpaired) electrons. The zero-order valence-corrected chi connectivity index (χ0v) is 8.27. The number of hydrogen-bond acceptors (Lipinski definition) is 3. The van der Waals surface area contributed by atoms with Gasteiger partial charge in [-0.3, -0.25) is 0 Å². The van der Waals surface area contributed by atoms with Gasteiger partial charge in [-0.2, -0.15) is 0 Å². The van der Waals surface area contributed by atoms with E-state index in [9.17, 15) is 0 Å². The van der Waals surface area contributed by atoms with Gasteiger partial charge in [0.15, 0.2) is 0 Å². The Kier molecular flexibility index (Phi) is 3.85. The summed E-state index contributed by atoms with van der Waals surface area (Å²) in [5.74, 6) is 0.622. The molecule has 4 heteroatoms. The lowest BCUT2D eigenvalue weighted by molar-refractivity contribution is 0.220. The predicted octanol–water partition coefficient (Wildman–Crippen LogP) is 2.21. The third-order valence-corrected chi connectivity index (χ3v) is 2.85. The van der Waals surface area contributed by atoms with Crippen LogP contribution in [0.1, 0.15) is 6.92 Å². The molecule has 0 aliphatic carbocycles. The fraction of sp³-hybridized carbons (Fsp3) is 0.375. The third-order valence-electron chi connectivity index (χ3n) is 1.19. The lowest BCUT2D eigenvalue weighted by Gasteiger charge is -2.03. The summed E-state index contributed by atoms with van der Waals surface area (Å²) >= 11 is 7.30. The number of rotatable bonds is 3. The number of hydrogen-bond donors (Lipinski definition) is 1. The number of aromatic nitrogens is 1. The van der Waals surface area contributed by atoms with E-state index in [1.54, 1.807) is 25.3 Å². The Bertz CT molecular complexity index is 255. The molecule has 1 heterocycles. The first kappa shape index (κ1) is 9.84. The maximum atomic E-state index is 9.01. The van der Waals surface area contributed by atoms with Crippen molar-refractivity contribution < 1.29 is 5.11 Å². The van der Waals surface area contributed by atoms with Crippen LogP contribution in [-0.4, -0.2) is 21.9 Å². The van der Waals surface area contributed by atoms with Gasteiger partial charge in [-0.1, -0.05) is 11.6 Å². The van der Waals surface area contributed by atoms with E-state index >= 15 is 0 Å². The van der Waals surface area contributed by atoms with Gasteiger partial charge >= 0.3 is 0 Å². The average Bonchev–Trinajstić information content (AvgIpc) is 2.03. The van der Waals surface area contributed by atoms with E-state index in [1.165, 1.54) is 11.8 Å². The Labute approximate surface area is 81.0 Å². The summed E-state index contributed by atoms with van der Waals surface area (Å²) < 4.78 is 0. The van der Waals surface area contributed by atoms with E-state index in [-0.39, 0.29) is 6.10 Å². The molecule has 0 aromatic carbocycles. The van der Waals surface area contributed by atoms with Crippen molar-refractivity contribution in [2.75, 3.05) is 5.75 Å². The van der Waals surface area contributed by atoms with Gasteiger partial charge in [0.1, 0.15) is 5.03 Å². The smallest absolute Gasteiger partial charge is 0.115 e. The second kappa shape index (κ2) is 4.70. The summed E-state index contributed by atoms with van der Waals surface area (Å²) in [6, 6.07) is 3.58. The minimum Gasteiger partial charge on any atom is -0.393 e. The minimum absolute atomic E-state index is 0.326. The molecule has 0 aliphatic heterocycles. The molecule has 0 bridgehead atoms. The standard InChI is InChI=1S/C8H10ClNOS/c1-6(11)5-12-8-7(9)3-2-4-10-8/h2-4,6,11H,5H2,1H3. The topological polar surface area (TPSA) is 33.1 Å². The summed E-state index contributed by atoms with van der Waals surface area (Å²) in [5.41, 5.74) is 0. The molecular weight excluding hydrogens is 194 g/mol. The summed E-state index contributed by atoms with van der Waals surface area (Å²) in [4.78, 5) is 4.07. The van der Waals surface area contributed by atoms with Crippen LogP contribution < -0.4 is 0 Å². The number of nitrogens with zero attached hydrogens (tertiary/aromatic N) is 1. The number of thioether (sulfide) groups is 1. The van der Waals surface area contributed by atoms with Crippen LogP contribution >= 0.6 is 23.4 Å². The van der Waals surface area contributed by atoms with E-state index < -0.39 is 0 Å². The highest BCUT2D eigenvalue weighted by molar-refractivity contribution is 7.99. The lowest BCUT2D eigenvalue weighted by atomic mass is 10.5. The SMILES string of the molecule is CC(O)CSc1ncccc1Cl. The molecule has 1 aromatic rings. The Hall–Kier alpha value is -0.250. The molecule has 0 fully saturated rings. The highest BCUT2D eigenvalue weighted by atomic mass is 35.5. The summed E-state index contributed by atoms with van der Waals surface area (Å²) in [7, 11) is 0. The average molecular weight is 204 g/mol. The fourth-order valence-electron chi connectivity index (χ4n) is 0.677.